The molecular formula is C13H24N2OS. The zero-order valence-corrected chi connectivity index (χ0v) is 11.7. The van der Waals surface area contributed by atoms with Crippen LogP contribution in [0.3, 0.4) is 0 Å². The fraction of sp³-hybridized carbons (Fsp3) is 0.923. The minimum Gasteiger partial charge on any atom is -0.393 e. The monoisotopic (exact) mass is 256 g/mol. The van der Waals surface area contributed by atoms with Gasteiger partial charge in [-0.25, -0.2) is 0 Å². The molecule has 17 heavy (non-hydrogen) atoms. The molecule has 0 radical (unpaired) electrons. The lowest BCUT2D eigenvalue weighted by Crippen LogP contribution is -2.46. The second kappa shape index (κ2) is 4.82. The van der Waals surface area contributed by atoms with Gasteiger partial charge in [0.2, 0.25) is 0 Å². The molecule has 3 N–H and O–H groups in total. The highest BCUT2D eigenvalue weighted by atomic mass is 32.1. The van der Waals surface area contributed by atoms with Crippen LogP contribution in [-0.2, 0) is 0 Å². The van der Waals surface area contributed by atoms with E-state index < -0.39 is 0 Å². The van der Waals surface area contributed by atoms with Crippen molar-refractivity contribution in [2.75, 3.05) is 6.54 Å². The van der Waals surface area contributed by atoms with Crippen molar-refractivity contribution in [1.82, 2.24) is 4.90 Å². The van der Waals surface area contributed by atoms with Gasteiger partial charge in [-0.1, -0.05) is 26.1 Å². The predicted molar refractivity (Wildman–Crippen MR) is 73.9 cm³/mol. The van der Waals surface area contributed by atoms with E-state index in [1.165, 1.54) is 12.8 Å². The number of aliphatic hydroxyl groups excluding tert-OH is 1. The number of aliphatic hydroxyl groups is 1. The van der Waals surface area contributed by atoms with Crippen molar-refractivity contribution in [1.29, 1.82) is 0 Å². The molecule has 98 valence electrons. The van der Waals surface area contributed by atoms with Gasteiger partial charge in [-0.2, -0.15) is 0 Å². The van der Waals surface area contributed by atoms with Gasteiger partial charge in [0, 0.05) is 17.5 Å². The molecule has 2 rings (SSSR count). The molecule has 2 heterocycles. The fourth-order valence-corrected chi connectivity index (χ4v) is 3.24. The summed E-state index contributed by atoms with van der Waals surface area (Å²) in [6, 6.07) is 1.18. The third kappa shape index (κ3) is 2.80. The standard InChI is InChI=1S/C13H24N2OS/c1-13(2,12(14)17)5-6-15-9-3-4-10(15)8-11(16)7-9/h9-11,16H,3-8H2,1-2H3,(H2,14,17). The summed E-state index contributed by atoms with van der Waals surface area (Å²) in [5.74, 6) is 0. The number of rotatable bonds is 4. The molecule has 2 atom stereocenters. The van der Waals surface area contributed by atoms with Crippen LogP contribution < -0.4 is 5.73 Å². The summed E-state index contributed by atoms with van der Waals surface area (Å²) in [7, 11) is 0. The molecule has 0 saturated carbocycles. The normalized spacial score (nSPS) is 33.9. The van der Waals surface area contributed by atoms with E-state index in [-0.39, 0.29) is 11.5 Å². The maximum Gasteiger partial charge on any atom is 0.0784 e. The van der Waals surface area contributed by atoms with Crippen LogP contribution in [0.2, 0.25) is 0 Å². The minimum atomic E-state index is -0.0765. The van der Waals surface area contributed by atoms with Crippen molar-refractivity contribution in [2.24, 2.45) is 11.1 Å². The Kier molecular flexibility index (Phi) is 3.76. The summed E-state index contributed by atoms with van der Waals surface area (Å²) < 4.78 is 0. The molecule has 0 aromatic heterocycles. The van der Waals surface area contributed by atoms with Crippen molar-refractivity contribution in [3.05, 3.63) is 0 Å². The van der Waals surface area contributed by atoms with Crippen LogP contribution in [0.1, 0.15) is 46.0 Å². The van der Waals surface area contributed by atoms with Gasteiger partial charge in [-0.3, -0.25) is 4.90 Å². The van der Waals surface area contributed by atoms with E-state index in [1.54, 1.807) is 0 Å². The molecule has 2 saturated heterocycles. The highest BCUT2D eigenvalue weighted by Crippen LogP contribution is 2.36. The van der Waals surface area contributed by atoms with E-state index in [4.69, 9.17) is 18.0 Å². The Balaban J connectivity index is 1.91. The zero-order valence-electron chi connectivity index (χ0n) is 10.9. The highest BCUT2D eigenvalue weighted by Gasteiger charge is 2.40. The SMILES string of the molecule is CC(C)(CCN1C2CCC1CC(O)C2)C(N)=S. The van der Waals surface area contributed by atoms with E-state index in [0.29, 0.717) is 17.1 Å². The fourth-order valence-electron chi connectivity index (χ4n) is 3.14. The molecule has 3 nitrogen and oxygen atoms in total. The molecule has 2 bridgehead atoms. The van der Waals surface area contributed by atoms with Gasteiger partial charge in [0.1, 0.15) is 0 Å². The molecule has 0 aliphatic carbocycles. The average Bonchev–Trinajstić information content (AvgIpc) is 2.47. The number of hydrogen-bond acceptors (Lipinski definition) is 3. The summed E-state index contributed by atoms with van der Waals surface area (Å²) in [6.07, 6.45) is 5.33. The number of hydrogen-bond donors (Lipinski definition) is 2. The highest BCUT2D eigenvalue weighted by molar-refractivity contribution is 7.80. The van der Waals surface area contributed by atoms with Crippen molar-refractivity contribution in [3.63, 3.8) is 0 Å². The average molecular weight is 256 g/mol. The quantitative estimate of drug-likeness (QED) is 0.751. The van der Waals surface area contributed by atoms with Crippen molar-refractivity contribution in [2.45, 2.75) is 64.1 Å². The second-order valence-corrected chi connectivity index (χ2v) is 6.69. The molecule has 4 heteroatoms. The Morgan fingerprint density at radius 3 is 2.35 bits per heavy atom. The maximum atomic E-state index is 9.76. The van der Waals surface area contributed by atoms with Crippen LogP contribution in [0.4, 0.5) is 0 Å². The third-order valence-electron chi connectivity index (χ3n) is 4.52. The van der Waals surface area contributed by atoms with E-state index in [9.17, 15) is 5.11 Å². The lowest BCUT2D eigenvalue weighted by atomic mass is 9.88. The smallest absolute Gasteiger partial charge is 0.0784 e. The summed E-state index contributed by atoms with van der Waals surface area (Å²) in [4.78, 5) is 3.19. The number of nitrogens with zero attached hydrogens (tertiary/aromatic N) is 1. The summed E-state index contributed by atoms with van der Waals surface area (Å²) in [5, 5.41) is 9.76. The Morgan fingerprint density at radius 1 is 1.35 bits per heavy atom. The van der Waals surface area contributed by atoms with Gasteiger partial charge in [-0.05, 0) is 38.6 Å². The molecule has 0 amide bonds. The van der Waals surface area contributed by atoms with Crippen LogP contribution in [-0.4, -0.2) is 39.7 Å². The van der Waals surface area contributed by atoms with Crippen molar-refractivity contribution >= 4 is 17.2 Å². The maximum absolute atomic E-state index is 9.76. The molecule has 2 fully saturated rings. The minimum absolute atomic E-state index is 0.0508. The molecule has 2 unspecified atom stereocenters. The number of nitrogens with two attached hydrogens (primary N) is 1. The Labute approximate surface area is 109 Å². The molecule has 2 aliphatic heterocycles. The summed E-state index contributed by atoms with van der Waals surface area (Å²) in [6.45, 7) is 5.30. The van der Waals surface area contributed by atoms with Crippen molar-refractivity contribution < 1.29 is 5.11 Å². The van der Waals surface area contributed by atoms with Gasteiger partial charge < -0.3 is 10.8 Å². The van der Waals surface area contributed by atoms with Gasteiger partial charge >= 0.3 is 0 Å². The summed E-state index contributed by atoms with van der Waals surface area (Å²) in [5.41, 5.74) is 5.71. The van der Waals surface area contributed by atoms with Crippen LogP contribution in [0.15, 0.2) is 0 Å². The van der Waals surface area contributed by atoms with Gasteiger partial charge in [0.05, 0.1) is 11.1 Å². The number of piperidine rings is 1. The zero-order chi connectivity index (χ0) is 12.6. The lowest BCUT2D eigenvalue weighted by Gasteiger charge is -2.38. The van der Waals surface area contributed by atoms with Gasteiger partial charge in [0.15, 0.2) is 0 Å². The second-order valence-electron chi connectivity index (χ2n) is 6.25. The Hall–Kier alpha value is -0.190. The molecule has 0 aromatic rings. The lowest BCUT2D eigenvalue weighted by molar-refractivity contribution is 0.0320. The van der Waals surface area contributed by atoms with E-state index in [0.717, 1.165) is 25.8 Å². The van der Waals surface area contributed by atoms with Crippen LogP contribution in [0, 0.1) is 5.41 Å². The first kappa shape index (κ1) is 13.2. The first-order valence-corrected chi connectivity index (χ1v) is 7.04. The predicted octanol–water partition coefficient (Wildman–Crippen LogP) is 1.68. The van der Waals surface area contributed by atoms with Crippen molar-refractivity contribution in [3.8, 4) is 0 Å². The first-order valence-electron chi connectivity index (χ1n) is 6.64. The first-order chi connectivity index (χ1) is 7.90. The number of thiocarbonyl (C=S) groups is 1. The van der Waals surface area contributed by atoms with E-state index >= 15 is 0 Å². The van der Waals surface area contributed by atoms with E-state index in [1.807, 2.05) is 0 Å². The summed E-state index contributed by atoms with van der Waals surface area (Å²) >= 11 is 5.11. The van der Waals surface area contributed by atoms with Crippen LogP contribution in [0.25, 0.3) is 0 Å². The van der Waals surface area contributed by atoms with Gasteiger partial charge in [0.25, 0.3) is 0 Å². The van der Waals surface area contributed by atoms with Crippen LogP contribution >= 0.6 is 12.2 Å². The molecule has 0 spiro atoms. The largest absolute Gasteiger partial charge is 0.393 e. The molecular weight excluding hydrogens is 232 g/mol. The topological polar surface area (TPSA) is 49.5 Å². The van der Waals surface area contributed by atoms with Gasteiger partial charge in [-0.15, -0.1) is 0 Å². The Morgan fingerprint density at radius 2 is 1.88 bits per heavy atom. The Bertz CT molecular complexity index is 292. The molecule has 2 aliphatic rings. The van der Waals surface area contributed by atoms with E-state index in [2.05, 4.69) is 18.7 Å². The van der Waals surface area contributed by atoms with Crippen LogP contribution in [0.5, 0.6) is 0 Å². The third-order valence-corrected chi connectivity index (χ3v) is 5.07. The molecule has 0 aromatic carbocycles. The number of fused-ring (bicyclic) bond motifs is 2.